The number of carbonyl (C=O) groups excluding carboxylic acids is 1. The molecule has 1 amide bonds. The van der Waals surface area contributed by atoms with Gasteiger partial charge in [-0.05, 0) is 81.7 Å². The van der Waals surface area contributed by atoms with Crippen molar-refractivity contribution in [2.75, 3.05) is 19.3 Å². The summed E-state index contributed by atoms with van der Waals surface area (Å²) in [6, 6.07) is 7.40. The van der Waals surface area contributed by atoms with Gasteiger partial charge in [0.15, 0.2) is 0 Å². The molecule has 10 heteroatoms. The molecule has 0 heterocycles. The van der Waals surface area contributed by atoms with E-state index in [1.54, 1.807) is 0 Å². The van der Waals surface area contributed by atoms with Gasteiger partial charge >= 0.3 is 0 Å². The first-order valence-electron chi connectivity index (χ1n) is 15.2. The summed E-state index contributed by atoms with van der Waals surface area (Å²) >= 11 is 0. The van der Waals surface area contributed by atoms with Gasteiger partial charge in [0.25, 0.3) is 0 Å². The van der Waals surface area contributed by atoms with Crippen LogP contribution in [0.2, 0.25) is 0 Å². The average molecular weight is 622 g/mol. The van der Waals surface area contributed by atoms with E-state index in [1.807, 2.05) is 26.8 Å². The third kappa shape index (κ3) is 12.5. The lowest BCUT2D eigenvalue weighted by Gasteiger charge is -2.29. The summed E-state index contributed by atoms with van der Waals surface area (Å²) in [6.45, 7) is 8.06. The zero-order valence-electron chi connectivity index (χ0n) is 26.2. The Morgan fingerprint density at radius 1 is 1.07 bits per heavy atom. The Morgan fingerprint density at radius 3 is 2.42 bits per heavy atom. The fourth-order valence-electron chi connectivity index (χ4n) is 4.89. The predicted molar refractivity (Wildman–Crippen MR) is 169 cm³/mol. The van der Waals surface area contributed by atoms with Crippen LogP contribution >= 0.6 is 0 Å². The third-order valence-corrected chi connectivity index (χ3v) is 9.62. The monoisotopic (exact) mass is 621 g/mol. The number of hydrogen-bond acceptors (Lipinski definition) is 5. The molecule has 2 aromatic rings. The number of aliphatic hydroxyl groups excluding tert-OH is 1. The first-order chi connectivity index (χ1) is 20.4. The van der Waals surface area contributed by atoms with E-state index in [4.69, 9.17) is 0 Å². The number of carbonyl (C=O) groups is 1. The molecule has 0 aliphatic carbocycles. The number of nitrogens with one attached hydrogen (secondary N) is 2. The van der Waals surface area contributed by atoms with Crippen LogP contribution in [-0.2, 0) is 34.2 Å². The zero-order chi connectivity index (χ0) is 32.0. The van der Waals surface area contributed by atoms with Crippen LogP contribution in [0.5, 0.6) is 0 Å². The van der Waals surface area contributed by atoms with Crippen LogP contribution in [0.4, 0.5) is 8.78 Å². The summed E-state index contributed by atoms with van der Waals surface area (Å²) < 4.78 is 54.5. The molecular weight excluding hydrogens is 572 g/mol. The van der Waals surface area contributed by atoms with Crippen molar-refractivity contribution in [3.8, 4) is 0 Å². The maximum absolute atomic E-state index is 13.9. The topological polar surface area (TPSA) is 98.7 Å². The van der Waals surface area contributed by atoms with Crippen molar-refractivity contribution in [3.05, 3.63) is 82.4 Å². The lowest BCUT2D eigenvalue weighted by molar-refractivity contribution is -0.125. The molecule has 0 bridgehead atoms. The number of hydrogen-bond donors (Lipinski definition) is 3. The molecule has 2 rings (SSSR count). The highest BCUT2D eigenvalue weighted by Gasteiger charge is 2.31. The highest BCUT2D eigenvalue weighted by Crippen LogP contribution is 2.17. The first-order valence-corrected chi connectivity index (χ1v) is 16.8. The summed E-state index contributed by atoms with van der Waals surface area (Å²) in [6.07, 6.45) is 8.05. The molecule has 1 unspecified atom stereocenters. The number of unbranched alkanes of at least 4 members (excludes halogenated alkanes) is 3. The number of sulfonamides is 1. The molecule has 0 aliphatic rings. The standard InChI is InChI=1S/C33H49F2N3O4S/c1-6-8-10-11-13-27-15-14-24(3)17-28(27)22-36-23-32(39)31(20-26-18-29(34)21-30(35)19-26)37-33(40)25(4)38(5)43(41,42)16-12-9-7-2/h6,8,14-15,17-19,21,25,31-32,36,39H,7,9-13,16,20,22-23H2,1-5H3,(H,37,40)/t25?,31-,32+/m0/s1. The number of allylic oxidation sites excluding steroid dienone is 2. The number of benzene rings is 2. The van der Waals surface area contributed by atoms with Crippen molar-refractivity contribution in [1.82, 2.24) is 14.9 Å². The van der Waals surface area contributed by atoms with Gasteiger partial charge in [0.2, 0.25) is 15.9 Å². The molecule has 3 atom stereocenters. The minimum absolute atomic E-state index is 0.0520. The minimum Gasteiger partial charge on any atom is -0.390 e. The molecule has 0 aromatic heterocycles. The second kappa shape index (κ2) is 18.2. The Morgan fingerprint density at radius 2 is 1.77 bits per heavy atom. The molecule has 43 heavy (non-hydrogen) atoms. The van der Waals surface area contributed by atoms with Gasteiger partial charge < -0.3 is 15.7 Å². The molecular formula is C33H49F2N3O4S. The van der Waals surface area contributed by atoms with E-state index in [9.17, 15) is 27.1 Å². The van der Waals surface area contributed by atoms with Gasteiger partial charge in [-0.15, -0.1) is 0 Å². The summed E-state index contributed by atoms with van der Waals surface area (Å²) in [4.78, 5) is 13.2. The molecule has 7 nitrogen and oxygen atoms in total. The second-order valence-corrected chi connectivity index (χ2v) is 13.4. The van der Waals surface area contributed by atoms with Gasteiger partial charge in [-0.1, -0.05) is 55.7 Å². The molecule has 0 saturated heterocycles. The second-order valence-electron chi connectivity index (χ2n) is 11.2. The fraction of sp³-hybridized carbons (Fsp3) is 0.545. The SMILES string of the molecule is CC=CCCCc1ccc(C)cc1CNC[C@@H](O)[C@H](Cc1cc(F)cc(F)c1)NC(=O)C(C)N(C)S(=O)(=O)CCCCC. The summed E-state index contributed by atoms with van der Waals surface area (Å²) in [5.74, 6) is -2.20. The van der Waals surface area contributed by atoms with Gasteiger partial charge in [-0.25, -0.2) is 17.2 Å². The summed E-state index contributed by atoms with van der Waals surface area (Å²) in [7, 11) is -2.31. The molecule has 0 spiro atoms. The van der Waals surface area contributed by atoms with Crippen LogP contribution < -0.4 is 10.6 Å². The van der Waals surface area contributed by atoms with Gasteiger partial charge in [0.05, 0.1) is 17.9 Å². The van der Waals surface area contributed by atoms with Crippen molar-refractivity contribution in [2.45, 2.75) is 97.4 Å². The van der Waals surface area contributed by atoms with E-state index in [0.29, 0.717) is 13.0 Å². The third-order valence-electron chi connectivity index (χ3n) is 7.62. The molecule has 0 aliphatic heterocycles. The zero-order valence-corrected chi connectivity index (χ0v) is 27.0. The normalized spacial score (nSPS) is 14.3. The van der Waals surface area contributed by atoms with Crippen molar-refractivity contribution in [2.24, 2.45) is 0 Å². The lowest BCUT2D eigenvalue weighted by Crippen LogP contribution is -2.54. The maximum atomic E-state index is 13.9. The van der Waals surface area contributed by atoms with Gasteiger partial charge in [-0.3, -0.25) is 4.79 Å². The Balaban J connectivity index is 2.16. The van der Waals surface area contributed by atoms with Crippen LogP contribution in [-0.4, -0.2) is 61.3 Å². The van der Waals surface area contributed by atoms with Crippen LogP contribution in [0.1, 0.15) is 75.1 Å². The maximum Gasteiger partial charge on any atom is 0.238 e. The quantitative estimate of drug-likeness (QED) is 0.148. The number of rotatable bonds is 19. The summed E-state index contributed by atoms with van der Waals surface area (Å²) in [5, 5.41) is 17.2. The smallest absolute Gasteiger partial charge is 0.238 e. The van der Waals surface area contributed by atoms with Crippen LogP contribution in [0, 0.1) is 18.6 Å². The van der Waals surface area contributed by atoms with E-state index >= 15 is 0 Å². The molecule has 2 aromatic carbocycles. The average Bonchev–Trinajstić information content (AvgIpc) is 2.94. The highest BCUT2D eigenvalue weighted by atomic mass is 32.2. The number of nitrogens with zero attached hydrogens (tertiary/aromatic N) is 1. The highest BCUT2D eigenvalue weighted by molar-refractivity contribution is 7.89. The van der Waals surface area contributed by atoms with E-state index in [1.165, 1.54) is 19.5 Å². The Labute approximate surface area is 256 Å². The van der Waals surface area contributed by atoms with Crippen molar-refractivity contribution in [1.29, 1.82) is 0 Å². The minimum atomic E-state index is -3.67. The van der Waals surface area contributed by atoms with E-state index in [0.717, 1.165) is 65.7 Å². The Kier molecular flexibility index (Phi) is 15.5. The van der Waals surface area contributed by atoms with Gasteiger partial charge in [-0.2, -0.15) is 4.31 Å². The Hall–Kier alpha value is -2.66. The van der Waals surface area contributed by atoms with Crippen molar-refractivity contribution >= 4 is 15.9 Å². The van der Waals surface area contributed by atoms with Crippen molar-refractivity contribution in [3.63, 3.8) is 0 Å². The Bertz CT molecular complexity index is 1280. The van der Waals surface area contributed by atoms with Crippen molar-refractivity contribution < 1.29 is 27.1 Å². The number of aryl methyl sites for hydroxylation is 2. The number of likely N-dealkylation sites (N-methyl/N-ethyl adjacent to an activating group) is 1. The number of aliphatic hydroxyl groups is 1. The van der Waals surface area contributed by atoms with E-state index in [-0.39, 0.29) is 24.3 Å². The molecule has 0 fully saturated rings. The van der Waals surface area contributed by atoms with Gasteiger partial charge in [0, 0.05) is 26.2 Å². The fourth-order valence-corrected chi connectivity index (χ4v) is 6.33. The van der Waals surface area contributed by atoms with Gasteiger partial charge in [0.1, 0.15) is 17.7 Å². The first kappa shape index (κ1) is 36.5. The lowest BCUT2D eigenvalue weighted by atomic mass is 9.98. The van der Waals surface area contributed by atoms with Crippen LogP contribution in [0.3, 0.4) is 0 Å². The summed E-state index contributed by atoms with van der Waals surface area (Å²) in [5.41, 5.74) is 3.71. The molecule has 0 radical (unpaired) electrons. The van der Waals surface area contributed by atoms with Crippen LogP contribution in [0.25, 0.3) is 0 Å². The number of halogens is 2. The number of amides is 1. The van der Waals surface area contributed by atoms with E-state index in [2.05, 4.69) is 34.9 Å². The molecule has 3 N–H and O–H groups in total. The molecule has 0 saturated carbocycles. The predicted octanol–water partition coefficient (Wildman–Crippen LogP) is 5.19. The largest absolute Gasteiger partial charge is 0.390 e. The van der Waals surface area contributed by atoms with Crippen LogP contribution in [0.15, 0.2) is 48.6 Å². The van der Waals surface area contributed by atoms with E-state index < -0.39 is 45.8 Å². The molecule has 240 valence electrons.